The fraction of sp³-hybridized carbons (Fsp3) is 0.429. The molecule has 46 heavy (non-hydrogen) atoms. The fourth-order valence-electron chi connectivity index (χ4n) is 5.79. The minimum Gasteiger partial charge on any atom is -0.508 e. The number of halogens is 1. The predicted octanol–water partition coefficient (Wildman–Crippen LogP) is 5.46. The van der Waals surface area contributed by atoms with Crippen LogP contribution in [0.3, 0.4) is 0 Å². The lowest BCUT2D eigenvalue weighted by molar-refractivity contribution is -0.149. The first kappa shape index (κ1) is 34.7. The lowest BCUT2D eigenvalue weighted by Crippen LogP contribution is -2.55. The van der Waals surface area contributed by atoms with Crippen molar-refractivity contribution >= 4 is 50.5 Å². The summed E-state index contributed by atoms with van der Waals surface area (Å²) in [5.41, 5.74) is 3.29. The van der Waals surface area contributed by atoms with Crippen LogP contribution in [0.5, 0.6) is 5.75 Å². The summed E-state index contributed by atoms with van der Waals surface area (Å²) >= 11 is 3.60. The normalized spacial score (nSPS) is 25.8. The van der Waals surface area contributed by atoms with Crippen molar-refractivity contribution in [2.45, 2.75) is 84.0 Å². The molecule has 0 spiro atoms. The number of fused-ring (bicyclic) bond motifs is 1. The standard InChI is InChI=1S/C35H43BrN4O6/c1-20-9-8-10-22(3)46-31(42)19-29(24-13-15-25(41)16-14-24)39-34(44)30(18-27-26-11-6-7-12-28(26)38-32(27)36)40(5)35(45)23(4)37-33(43)21(2)17-20/h6-7,9,11-16,21-23,29-30,38,41H,8,10,17-19H2,1-5H3,(H,37,43)(H,39,44)/b20-9-/t21-,22-,23-,29+,30+/m0/s1. The number of carbonyl (C=O) groups excluding carboxylic acids is 4. The van der Waals surface area contributed by atoms with Crippen LogP contribution in [0.2, 0.25) is 0 Å². The first-order chi connectivity index (χ1) is 21.8. The average Bonchev–Trinajstić information content (AvgIpc) is 3.32. The molecule has 2 heterocycles. The number of aromatic hydroxyl groups is 1. The summed E-state index contributed by atoms with van der Waals surface area (Å²) < 4.78 is 6.40. The Morgan fingerprint density at radius 1 is 0.957 bits per heavy atom. The highest BCUT2D eigenvalue weighted by Crippen LogP contribution is 2.29. The number of carbonyl (C=O) groups is 4. The molecule has 5 atom stereocenters. The molecule has 4 N–H and O–H groups in total. The quantitative estimate of drug-likeness (QED) is 0.212. The molecule has 2 aromatic carbocycles. The van der Waals surface area contributed by atoms with Gasteiger partial charge in [-0.3, -0.25) is 19.2 Å². The molecule has 3 aromatic rings. The van der Waals surface area contributed by atoms with E-state index in [1.807, 2.05) is 51.1 Å². The summed E-state index contributed by atoms with van der Waals surface area (Å²) in [5.74, 6) is -1.99. The van der Waals surface area contributed by atoms with Crippen LogP contribution >= 0.6 is 15.9 Å². The highest BCUT2D eigenvalue weighted by atomic mass is 79.9. The zero-order chi connectivity index (χ0) is 33.5. The molecule has 1 aromatic heterocycles. The lowest BCUT2D eigenvalue weighted by Gasteiger charge is -2.31. The fourth-order valence-corrected chi connectivity index (χ4v) is 6.38. The smallest absolute Gasteiger partial charge is 0.308 e. The van der Waals surface area contributed by atoms with Crippen LogP contribution in [0.15, 0.2) is 64.8 Å². The first-order valence-electron chi connectivity index (χ1n) is 15.6. The van der Waals surface area contributed by atoms with Gasteiger partial charge in [0.25, 0.3) is 0 Å². The topological polar surface area (TPSA) is 141 Å². The van der Waals surface area contributed by atoms with Gasteiger partial charge < -0.3 is 30.4 Å². The van der Waals surface area contributed by atoms with E-state index in [1.54, 1.807) is 26.1 Å². The number of amides is 3. The van der Waals surface area contributed by atoms with Gasteiger partial charge in [-0.2, -0.15) is 0 Å². The van der Waals surface area contributed by atoms with Gasteiger partial charge in [0.1, 0.15) is 17.8 Å². The third kappa shape index (κ3) is 8.78. The maximum absolute atomic E-state index is 14.2. The maximum atomic E-state index is 14.2. The van der Waals surface area contributed by atoms with Crippen LogP contribution < -0.4 is 10.6 Å². The number of para-hydroxylation sites is 1. The summed E-state index contributed by atoms with van der Waals surface area (Å²) in [7, 11) is 1.54. The predicted molar refractivity (Wildman–Crippen MR) is 180 cm³/mol. The Morgan fingerprint density at radius 3 is 2.37 bits per heavy atom. The first-order valence-corrected chi connectivity index (χ1v) is 16.4. The van der Waals surface area contributed by atoms with Crippen LogP contribution in [-0.2, 0) is 30.3 Å². The van der Waals surface area contributed by atoms with E-state index in [4.69, 9.17) is 4.74 Å². The summed E-state index contributed by atoms with van der Waals surface area (Å²) in [6.07, 6.45) is 3.44. The van der Waals surface area contributed by atoms with E-state index >= 15 is 0 Å². The number of phenols is 1. The number of nitrogens with one attached hydrogen (secondary N) is 3. The van der Waals surface area contributed by atoms with Crippen molar-refractivity contribution in [3.05, 3.63) is 75.9 Å². The molecule has 3 amide bonds. The van der Waals surface area contributed by atoms with E-state index in [0.29, 0.717) is 29.4 Å². The Morgan fingerprint density at radius 2 is 1.65 bits per heavy atom. The second-order valence-electron chi connectivity index (χ2n) is 12.3. The molecule has 0 fully saturated rings. The molecule has 4 rings (SSSR count). The van der Waals surface area contributed by atoms with Crippen molar-refractivity contribution < 1.29 is 29.0 Å². The number of esters is 1. The van der Waals surface area contributed by atoms with Crippen molar-refractivity contribution in [2.24, 2.45) is 5.92 Å². The number of H-pyrrole nitrogens is 1. The van der Waals surface area contributed by atoms with Gasteiger partial charge in [0.15, 0.2) is 0 Å². The molecular weight excluding hydrogens is 652 g/mol. The van der Waals surface area contributed by atoms with Crippen molar-refractivity contribution in [1.29, 1.82) is 0 Å². The van der Waals surface area contributed by atoms with Gasteiger partial charge in [0.2, 0.25) is 17.7 Å². The number of nitrogens with zero attached hydrogens (tertiary/aromatic N) is 1. The largest absolute Gasteiger partial charge is 0.508 e. The van der Waals surface area contributed by atoms with Gasteiger partial charge in [0, 0.05) is 30.3 Å². The zero-order valence-corrected chi connectivity index (χ0v) is 28.5. The summed E-state index contributed by atoms with van der Waals surface area (Å²) in [4.78, 5) is 58.9. The number of ether oxygens (including phenoxy) is 1. The number of hydrogen-bond acceptors (Lipinski definition) is 6. The molecular formula is C35H43BrN4O6. The van der Waals surface area contributed by atoms with Gasteiger partial charge >= 0.3 is 5.97 Å². The number of hydrogen-bond donors (Lipinski definition) is 4. The SMILES string of the molecule is C/C1=C/CC[C@H](C)OC(=O)C[C@H](c2ccc(O)cc2)NC(=O)[C@@H](Cc2c(Br)[nH]c3ccccc23)N(C)C(=O)[C@H](C)NC(=O)[C@@H](C)C1. The van der Waals surface area contributed by atoms with Crippen molar-refractivity contribution in [1.82, 2.24) is 20.5 Å². The second-order valence-corrected chi connectivity index (χ2v) is 13.0. The van der Waals surface area contributed by atoms with Gasteiger partial charge in [-0.1, -0.05) is 48.9 Å². The molecule has 0 unspecified atom stereocenters. The van der Waals surface area contributed by atoms with Gasteiger partial charge in [-0.25, -0.2) is 0 Å². The van der Waals surface area contributed by atoms with Crippen LogP contribution in [0.1, 0.15) is 70.5 Å². The number of aromatic amines is 1. The van der Waals surface area contributed by atoms with E-state index in [-0.39, 0.29) is 36.5 Å². The van der Waals surface area contributed by atoms with Crippen molar-refractivity contribution in [2.75, 3.05) is 7.05 Å². The van der Waals surface area contributed by atoms with E-state index in [0.717, 1.165) is 22.0 Å². The number of allylic oxidation sites excluding steroid dienone is 2. The number of cyclic esters (lactones) is 1. The van der Waals surface area contributed by atoms with Gasteiger partial charge in [-0.15, -0.1) is 0 Å². The Hall–Kier alpha value is -4.12. The van der Waals surface area contributed by atoms with Crippen molar-refractivity contribution in [3.63, 3.8) is 0 Å². The average molecular weight is 696 g/mol. The monoisotopic (exact) mass is 694 g/mol. The van der Waals surface area contributed by atoms with E-state index in [1.165, 1.54) is 17.0 Å². The Balaban J connectivity index is 1.73. The summed E-state index contributed by atoms with van der Waals surface area (Å²) in [5, 5.41) is 16.6. The van der Waals surface area contributed by atoms with E-state index in [2.05, 4.69) is 31.5 Å². The molecule has 0 radical (unpaired) electrons. The van der Waals surface area contributed by atoms with Crippen molar-refractivity contribution in [3.8, 4) is 5.75 Å². The molecule has 0 aliphatic carbocycles. The molecule has 10 nitrogen and oxygen atoms in total. The number of benzene rings is 2. The summed E-state index contributed by atoms with van der Waals surface area (Å²) in [6, 6.07) is 11.2. The van der Waals surface area contributed by atoms with Gasteiger partial charge in [-0.05, 0) is 85.3 Å². The molecule has 0 saturated heterocycles. The van der Waals surface area contributed by atoms with E-state index in [9.17, 15) is 24.3 Å². The van der Waals surface area contributed by atoms with Gasteiger partial charge in [0.05, 0.1) is 23.2 Å². The number of aromatic nitrogens is 1. The number of likely N-dealkylation sites (N-methyl/N-ethyl adjacent to an activating group) is 1. The third-order valence-electron chi connectivity index (χ3n) is 8.46. The van der Waals surface area contributed by atoms with Crippen LogP contribution in [-0.4, -0.2) is 63.9 Å². The molecule has 0 bridgehead atoms. The van der Waals surface area contributed by atoms with E-state index < -0.39 is 35.9 Å². The van der Waals surface area contributed by atoms with Crippen LogP contribution in [0.25, 0.3) is 10.9 Å². The minimum atomic E-state index is -1.01. The number of phenolic OH excluding ortho intramolecular Hbond substituents is 1. The lowest BCUT2D eigenvalue weighted by atomic mass is 9.99. The molecule has 11 heteroatoms. The molecule has 1 aliphatic rings. The Bertz CT molecular complexity index is 1600. The molecule has 0 saturated carbocycles. The minimum absolute atomic E-state index is 0.0449. The Labute approximate surface area is 278 Å². The number of rotatable bonds is 3. The maximum Gasteiger partial charge on any atom is 0.308 e. The Kier molecular flexibility index (Phi) is 11.7. The van der Waals surface area contributed by atoms with Crippen LogP contribution in [0, 0.1) is 5.92 Å². The summed E-state index contributed by atoms with van der Waals surface area (Å²) in [6.45, 7) is 7.21. The highest BCUT2D eigenvalue weighted by Gasteiger charge is 2.34. The zero-order valence-electron chi connectivity index (χ0n) is 26.9. The molecule has 246 valence electrons. The highest BCUT2D eigenvalue weighted by molar-refractivity contribution is 9.10. The van der Waals surface area contributed by atoms with Crippen LogP contribution in [0.4, 0.5) is 0 Å². The molecule has 1 aliphatic heterocycles. The second kappa shape index (κ2) is 15.4. The third-order valence-corrected chi connectivity index (χ3v) is 9.14.